The van der Waals surface area contributed by atoms with Gasteiger partial charge in [-0.15, -0.1) is 0 Å². The Balaban J connectivity index is 1.89. The SMILES string of the molecule is C=CC(=O)Nc1cnc2c(c1)c(C)nn2Cc1ccc(C(C)(C)C)cc1. The second-order valence-electron chi connectivity index (χ2n) is 7.48. The molecule has 0 saturated heterocycles. The maximum atomic E-state index is 11.5. The highest BCUT2D eigenvalue weighted by Gasteiger charge is 2.14. The molecule has 3 aromatic rings. The van der Waals surface area contributed by atoms with E-state index in [0.29, 0.717) is 12.2 Å². The first-order valence-corrected chi connectivity index (χ1v) is 8.64. The zero-order valence-electron chi connectivity index (χ0n) is 15.7. The molecule has 2 aromatic heterocycles. The summed E-state index contributed by atoms with van der Waals surface area (Å²) >= 11 is 0. The van der Waals surface area contributed by atoms with E-state index in [2.05, 4.69) is 67.0 Å². The van der Waals surface area contributed by atoms with Gasteiger partial charge >= 0.3 is 0 Å². The summed E-state index contributed by atoms with van der Waals surface area (Å²) in [5, 5.41) is 8.28. The number of carbonyl (C=O) groups excluding carboxylic acids is 1. The van der Waals surface area contributed by atoms with Crippen LogP contribution in [-0.2, 0) is 16.8 Å². The molecule has 0 radical (unpaired) electrons. The van der Waals surface area contributed by atoms with Gasteiger partial charge in [0.2, 0.25) is 5.91 Å². The first-order valence-electron chi connectivity index (χ1n) is 8.64. The highest BCUT2D eigenvalue weighted by Crippen LogP contribution is 2.24. The van der Waals surface area contributed by atoms with Crippen LogP contribution in [0.5, 0.6) is 0 Å². The number of rotatable bonds is 4. The monoisotopic (exact) mass is 348 g/mol. The number of hydrogen-bond acceptors (Lipinski definition) is 3. The molecule has 1 N–H and O–H groups in total. The average Bonchev–Trinajstić information content (AvgIpc) is 2.90. The lowest BCUT2D eigenvalue weighted by Crippen LogP contribution is -2.11. The summed E-state index contributed by atoms with van der Waals surface area (Å²) in [6, 6.07) is 10.5. The second kappa shape index (κ2) is 6.75. The summed E-state index contributed by atoms with van der Waals surface area (Å²) in [5.74, 6) is -0.255. The molecule has 1 aromatic carbocycles. The van der Waals surface area contributed by atoms with Crippen LogP contribution in [0.25, 0.3) is 11.0 Å². The van der Waals surface area contributed by atoms with Crippen LogP contribution in [0.2, 0.25) is 0 Å². The van der Waals surface area contributed by atoms with Gasteiger partial charge in [0, 0.05) is 5.39 Å². The molecule has 0 bridgehead atoms. The fraction of sp³-hybridized carbons (Fsp3) is 0.286. The van der Waals surface area contributed by atoms with Crippen LogP contribution >= 0.6 is 0 Å². The van der Waals surface area contributed by atoms with Crippen molar-refractivity contribution in [3.8, 4) is 0 Å². The number of anilines is 1. The Labute approximate surface area is 153 Å². The first-order chi connectivity index (χ1) is 12.3. The van der Waals surface area contributed by atoms with Crippen molar-refractivity contribution >= 4 is 22.6 Å². The topological polar surface area (TPSA) is 59.8 Å². The van der Waals surface area contributed by atoms with Crippen molar-refractivity contribution in [1.29, 1.82) is 0 Å². The van der Waals surface area contributed by atoms with E-state index >= 15 is 0 Å². The van der Waals surface area contributed by atoms with Crippen molar-refractivity contribution in [1.82, 2.24) is 14.8 Å². The van der Waals surface area contributed by atoms with Gasteiger partial charge in [-0.1, -0.05) is 51.6 Å². The Morgan fingerprint density at radius 2 is 1.96 bits per heavy atom. The Bertz CT molecular complexity index is 962. The minimum atomic E-state index is -0.255. The van der Waals surface area contributed by atoms with Crippen molar-refractivity contribution in [2.45, 2.75) is 39.7 Å². The molecule has 0 spiro atoms. The van der Waals surface area contributed by atoms with Crippen molar-refractivity contribution < 1.29 is 4.79 Å². The zero-order valence-corrected chi connectivity index (χ0v) is 15.7. The van der Waals surface area contributed by atoms with E-state index in [1.165, 1.54) is 17.2 Å². The zero-order chi connectivity index (χ0) is 18.9. The fourth-order valence-corrected chi connectivity index (χ4v) is 2.87. The largest absolute Gasteiger partial charge is 0.321 e. The molecule has 2 heterocycles. The summed E-state index contributed by atoms with van der Waals surface area (Å²) < 4.78 is 1.90. The lowest BCUT2D eigenvalue weighted by Gasteiger charge is -2.19. The van der Waals surface area contributed by atoms with Crippen molar-refractivity contribution in [3.63, 3.8) is 0 Å². The molecule has 0 atom stereocenters. The van der Waals surface area contributed by atoms with Crippen molar-refractivity contribution in [2.24, 2.45) is 0 Å². The lowest BCUT2D eigenvalue weighted by atomic mass is 9.87. The first kappa shape index (κ1) is 17.9. The van der Waals surface area contributed by atoms with Gasteiger partial charge in [-0.25, -0.2) is 9.67 Å². The Morgan fingerprint density at radius 1 is 1.27 bits per heavy atom. The summed E-state index contributed by atoms with van der Waals surface area (Å²) in [6.45, 7) is 12.7. The van der Waals surface area contributed by atoms with E-state index in [4.69, 9.17) is 0 Å². The third-order valence-electron chi connectivity index (χ3n) is 4.38. The number of nitrogens with one attached hydrogen (secondary N) is 1. The standard InChI is InChI=1S/C21H24N4O/c1-6-19(26)23-17-11-18-14(2)24-25(20(18)22-12-17)13-15-7-9-16(10-8-15)21(3,4)5/h6-12H,1,13H2,2-5H3,(H,23,26). The number of benzene rings is 1. The van der Waals surface area contributed by atoms with E-state index in [1.54, 1.807) is 6.20 Å². The molecule has 26 heavy (non-hydrogen) atoms. The van der Waals surface area contributed by atoms with Crippen molar-refractivity contribution in [3.05, 3.63) is 66.0 Å². The average molecular weight is 348 g/mol. The quantitative estimate of drug-likeness (QED) is 0.719. The Morgan fingerprint density at radius 3 is 2.58 bits per heavy atom. The molecular formula is C21H24N4O. The molecule has 0 fully saturated rings. The third kappa shape index (κ3) is 3.67. The number of amides is 1. The van der Waals surface area contributed by atoms with Crippen LogP contribution in [-0.4, -0.2) is 20.7 Å². The van der Waals surface area contributed by atoms with E-state index in [1.807, 2.05) is 17.7 Å². The summed E-state index contributed by atoms with van der Waals surface area (Å²) in [7, 11) is 0. The van der Waals surface area contributed by atoms with E-state index in [9.17, 15) is 4.79 Å². The molecule has 134 valence electrons. The van der Waals surface area contributed by atoms with Gasteiger partial charge in [-0.2, -0.15) is 5.10 Å². The number of aryl methyl sites for hydroxylation is 1. The predicted octanol–water partition coefficient (Wildman–Crippen LogP) is 4.21. The van der Waals surface area contributed by atoms with Gasteiger partial charge < -0.3 is 5.32 Å². The van der Waals surface area contributed by atoms with E-state index < -0.39 is 0 Å². The lowest BCUT2D eigenvalue weighted by molar-refractivity contribution is -0.111. The van der Waals surface area contributed by atoms with Crippen LogP contribution < -0.4 is 5.32 Å². The highest BCUT2D eigenvalue weighted by atomic mass is 16.1. The van der Waals surface area contributed by atoms with E-state index in [-0.39, 0.29) is 11.3 Å². The maximum absolute atomic E-state index is 11.5. The van der Waals surface area contributed by atoms with Crippen molar-refractivity contribution in [2.75, 3.05) is 5.32 Å². The summed E-state index contributed by atoms with van der Waals surface area (Å²) in [4.78, 5) is 16.0. The minimum absolute atomic E-state index is 0.140. The summed E-state index contributed by atoms with van der Waals surface area (Å²) in [5.41, 5.74) is 4.95. The van der Waals surface area contributed by atoms with E-state index in [0.717, 1.165) is 16.7 Å². The molecule has 0 aliphatic heterocycles. The van der Waals surface area contributed by atoms with Gasteiger partial charge in [0.15, 0.2) is 5.65 Å². The fourth-order valence-electron chi connectivity index (χ4n) is 2.87. The Kier molecular flexibility index (Phi) is 4.64. The summed E-state index contributed by atoms with van der Waals surface area (Å²) in [6.07, 6.45) is 2.88. The van der Waals surface area contributed by atoms with Gasteiger partial charge in [0.1, 0.15) is 0 Å². The molecule has 0 aliphatic rings. The number of fused-ring (bicyclic) bond motifs is 1. The smallest absolute Gasteiger partial charge is 0.247 e. The molecule has 5 nitrogen and oxygen atoms in total. The highest BCUT2D eigenvalue weighted by molar-refractivity contribution is 5.99. The number of pyridine rings is 1. The number of aromatic nitrogens is 3. The predicted molar refractivity (Wildman–Crippen MR) is 105 cm³/mol. The Hall–Kier alpha value is -2.95. The maximum Gasteiger partial charge on any atom is 0.247 e. The number of nitrogens with zero attached hydrogens (tertiary/aromatic N) is 3. The number of carbonyl (C=O) groups is 1. The van der Waals surface area contributed by atoms with Crippen LogP contribution in [0.4, 0.5) is 5.69 Å². The molecule has 0 aliphatic carbocycles. The van der Waals surface area contributed by atoms with Crippen LogP contribution in [0.1, 0.15) is 37.6 Å². The molecular weight excluding hydrogens is 324 g/mol. The van der Waals surface area contributed by atoms with Gasteiger partial charge in [-0.05, 0) is 35.6 Å². The molecule has 1 amide bonds. The normalized spacial score (nSPS) is 11.5. The van der Waals surface area contributed by atoms with Gasteiger partial charge in [0.05, 0.1) is 24.1 Å². The van der Waals surface area contributed by atoms with Crippen LogP contribution in [0.3, 0.4) is 0 Å². The number of hydrogen-bond donors (Lipinski definition) is 1. The van der Waals surface area contributed by atoms with Crippen LogP contribution in [0.15, 0.2) is 49.2 Å². The van der Waals surface area contributed by atoms with Gasteiger partial charge in [0.25, 0.3) is 0 Å². The molecule has 5 heteroatoms. The molecule has 0 saturated carbocycles. The second-order valence-corrected chi connectivity index (χ2v) is 7.48. The minimum Gasteiger partial charge on any atom is -0.321 e. The molecule has 3 rings (SSSR count). The van der Waals surface area contributed by atoms with Crippen LogP contribution in [0, 0.1) is 6.92 Å². The third-order valence-corrected chi connectivity index (χ3v) is 4.38. The van der Waals surface area contributed by atoms with Gasteiger partial charge in [-0.3, -0.25) is 4.79 Å². The molecule has 0 unspecified atom stereocenters.